The number of hydrogen-bond donors (Lipinski definition) is 0. The van der Waals surface area contributed by atoms with Crippen LogP contribution < -0.4 is 4.57 Å². The molecule has 2 heterocycles. The van der Waals surface area contributed by atoms with Gasteiger partial charge in [-0.1, -0.05) is 68.4 Å². The molecule has 4 aromatic carbocycles. The summed E-state index contributed by atoms with van der Waals surface area (Å²) in [7, 11) is 2.09. The molecule has 0 fully saturated rings. The van der Waals surface area contributed by atoms with Gasteiger partial charge in [0.1, 0.15) is 18.2 Å². The van der Waals surface area contributed by atoms with Crippen LogP contribution in [0.4, 0.5) is 0 Å². The van der Waals surface area contributed by atoms with Crippen molar-refractivity contribution < 1.29 is 10.4 Å². The molecule has 0 amide bonds. The molecule has 0 N–H and O–H groups in total. The first-order valence-corrected chi connectivity index (χ1v) is 11.1. The van der Waals surface area contributed by atoms with E-state index in [1.54, 1.807) is 0 Å². The third kappa shape index (κ3) is 2.69. The highest BCUT2D eigenvalue weighted by Gasteiger charge is 2.24. The molecule has 0 spiro atoms. The summed E-state index contributed by atoms with van der Waals surface area (Å²) in [5.74, 6) is -0.637. The van der Waals surface area contributed by atoms with Crippen LogP contribution in [-0.2, 0) is 7.05 Å². The Balaban J connectivity index is 1.73. The molecule has 2 heteroatoms. The van der Waals surface area contributed by atoms with E-state index >= 15 is 0 Å². The maximum Gasteiger partial charge on any atom is 0.224 e. The zero-order valence-electron chi connectivity index (χ0n) is 19.9. The van der Waals surface area contributed by atoms with Crippen molar-refractivity contribution in [3.8, 4) is 11.3 Å². The monoisotopic (exact) mass is 417 g/mol. The fourth-order valence-electron chi connectivity index (χ4n) is 4.96. The molecule has 0 aliphatic carbocycles. The van der Waals surface area contributed by atoms with Gasteiger partial charge in [-0.3, -0.25) is 0 Å². The molecule has 0 saturated carbocycles. The number of rotatable bonds is 2. The molecule has 0 bridgehead atoms. The van der Waals surface area contributed by atoms with Crippen LogP contribution in [0.3, 0.4) is 0 Å². The Bertz CT molecular complexity index is 1720. The van der Waals surface area contributed by atoms with Crippen LogP contribution >= 0.6 is 0 Å². The van der Waals surface area contributed by atoms with Gasteiger partial charge in [-0.25, -0.2) is 4.57 Å². The van der Waals surface area contributed by atoms with Crippen LogP contribution in [0.15, 0.2) is 83.4 Å². The Labute approximate surface area is 189 Å². The average Bonchev–Trinajstić information content (AvgIpc) is 3.18. The predicted octanol–water partition coefficient (Wildman–Crippen LogP) is 7.82. The van der Waals surface area contributed by atoms with Crippen LogP contribution in [-0.4, -0.2) is 0 Å². The summed E-state index contributed by atoms with van der Waals surface area (Å²) < 4.78 is 17.3. The standard InChI is InChI=1S/C30H26NO/c1-18(2)21-11-13-23-22(17-21)15-16-31(4)28(23)27-19(3)9-12-26-25-14-10-20-7-5-6-8-24(20)29(25)32-30(26)27/h5-18H,1-4H3/q+1/i18D. The minimum atomic E-state index is -0.637. The van der Waals surface area contributed by atoms with E-state index in [4.69, 9.17) is 5.79 Å². The Hall–Kier alpha value is -3.65. The summed E-state index contributed by atoms with van der Waals surface area (Å²) in [5.41, 5.74) is 6.32. The van der Waals surface area contributed by atoms with Crippen LogP contribution in [0.1, 0.15) is 32.2 Å². The molecule has 2 aromatic heterocycles. The number of hydrogen-bond acceptors (Lipinski definition) is 1. The summed E-state index contributed by atoms with van der Waals surface area (Å²) in [6.45, 7) is 6.02. The Kier molecular flexibility index (Phi) is 3.89. The minimum Gasteiger partial charge on any atom is -0.454 e. The number of furan rings is 1. The van der Waals surface area contributed by atoms with Crippen molar-refractivity contribution in [1.29, 1.82) is 0 Å². The quantitative estimate of drug-likeness (QED) is 0.263. The van der Waals surface area contributed by atoms with Crippen LogP contribution in [0.25, 0.3) is 54.7 Å². The molecular formula is C30H26NO+. The maximum absolute atomic E-state index is 8.46. The van der Waals surface area contributed by atoms with Gasteiger partial charge in [0.2, 0.25) is 5.69 Å². The predicted molar refractivity (Wildman–Crippen MR) is 134 cm³/mol. The lowest BCUT2D eigenvalue weighted by atomic mass is 9.94. The minimum absolute atomic E-state index is 0.637. The number of benzene rings is 4. The topological polar surface area (TPSA) is 17.0 Å². The third-order valence-electron chi connectivity index (χ3n) is 6.69. The molecule has 0 aliphatic rings. The van der Waals surface area contributed by atoms with Gasteiger partial charge in [0.25, 0.3) is 0 Å². The molecule has 6 rings (SSSR count). The van der Waals surface area contributed by atoms with Crippen molar-refractivity contribution >= 4 is 43.5 Å². The summed E-state index contributed by atoms with van der Waals surface area (Å²) in [5, 5.41) is 6.90. The van der Waals surface area contributed by atoms with Crippen molar-refractivity contribution in [2.24, 2.45) is 7.05 Å². The van der Waals surface area contributed by atoms with Crippen LogP contribution in [0.5, 0.6) is 0 Å². The molecule has 0 atom stereocenters. The lowest BCUT2D eigenvalue weighted by molar-refractivity contribution is -0.659. The highest BCUT2D eigenvalue weighted by atomic mass is 16.3. The normalized spacial score (nSPS) is 12.8. The molecule has 0 unspecified atom stereocenters. The van der Waals surface area contributed by atoms with Crippen molar-refractivity contribution in [1.82, 2.24) is 0 Å². The number of aromatic nitrogens is 1. The van der Waals surface area contributed by atoms with E-state index in [1.165, 1.54) is 10.9 Å². The molecule has 2 nitrogen and oxygen atoms in total. The lowest BCUT2D eigenvalue weighted by Gasteiger charge is -2.11. The zero-order valence-corrected chi connectivity index (χ0v) is 18.9. The van der Waals surface area contributed by atoms with Gasteiger partial charge in [-0.05, 0) is 46.8 Å². The van der Waals surface area contributed by atoms with Crippen LogP contribution in [0.2, 0.25) is 0 Å². The van der Waals surface area contributed by atoms with Gasteiger partial charge in [0.15, 0.2) is 6.20 Å². The van der Waals surface area contributed by atoms with Gasteiger partial charge in [-0.2, -0.15) is 0 Å². The van der Waals surface area contributed by atoms with Gasteiger partial charge < -0.3 is 4.42 Å². The maximum atomic E-state index is 8.46. The van der Waals surface area contributed by atoms with E-state index in [0.717, 1.165) is 54.9 Å². The van der Waals surface area contributed by atoms with Gasteiger partial charge in [0.05, 0.1) is 10.9 Å². The second kappa shape index (κ2) is 6.93. The van der Waals surface area contributed by atoms with Crippen molar-refractivity contribution in [3.05, 3.63) is 90.1 Å². The van der Waals surface area contributed by atoms with E-state index in [2.05, 4.69) is 97.5 Å². The van der Waals surface area contributed by atoms with Gasteiger partial charge in [-0.15, -0.1) is 0 Å². The van der Waals surface area contributed by atoms with Crippen molar-refractivity contribution in [2.75, 3.05) is 0 Å². The first-order chi connectivity index (χ1) is 15.8. The molecule has 6 aromatic rings. The van der Waals surface area contributed by atoms with Crippen molar-refractivity contribution in [3.63, 3.8) is 0 Å². The summed E-state index contributed by atoms with van der Waals surface area (Å²) in [4.78, 5) is 0. The first kappa shape index (κ1) is 18.0. The Morgan fingerprint density at radius 2 is 1.53 bits per heavy atom. The van der Waals surface area contributed by atoms with Crippen LogP contribution in [0, 0.1) is 6.92 Å². The third-order valence-corrected chi connectivity index (χ3v) is 6.69. The smallest absolute Gasteiger partial charge is 0.224 e. The Morgan fingerprint density at radius 1 is 0.781 bits per heavy atom. The lowest BCUT2D eigenvalue weighted by Crippen LogP contribution is -2.30. The Morgan fingerprint density at radius 3 is 2.38 bits per heavy atom. The summed E-state index contributed by atoms with van der Waals surface area (Å²) in [6, 6.07) is 25.6. The highest BCUT2D eigenvalue weighted by Crippen LogP contribution is 2.41. The van der Waals surface area contributed by atoms with Gasteiger partial charge >= 0.3 is 0 Å². The average molecular weight is 418 g/mol. The molecule has 0 saturated heterocycles. The molecule has 0 aliphatic heterocycles. The number of fused-ring (bicyclic) bond motifs is 6. The van der Waals surface area contributed by atoms with Gasteiger partial charge in [0, 0.05) is 23.6 Å². The molecule has 32 heavy (non-hydrogen) atoms. The number of aryl methyl sites for hydroxylation is 2. The molecule has 0 radical (unpaired) electrons. The van der Waals surface area contributed by atoms with E-state index in [0.29, 0.717) is 0 Å². The number of nitrogens with zero attached hydrogens (tertiary/aromatic N) is 1. The second-order valence-corrected chi connectivity index (χ2v) is 8.98. The van der Waals surface area contributed by atoms with E-state index in [9.17, 15) is 0 Å². The fourth-order valence-corrected chi connectivity index (χ4v) is 4.96. The zero-order chi connectivity index (χ0) is 22.9. The largest absolute Gasteiger partial charge is 0.454 e. The molecular weight excluding hydrogens is 390 g/mol. The molecule has 156 valence electrons. The van der Waals surface area contributed by atoms with E-state index < -0.39 is 5.89 Å². The van der Waals surface area contributed by atoms with E-state index in [1.807, 2.05) is 13.8 Å². The van der Waals surface area contributed by atoms with Crippen molar-refractivity contribution in [2.45, 2.75) is 26.7 Å². The first-order valence-electron chi connectivity index (χ1n) is 11.6. The number of pyridine rings is 1. The summed E-state index contributed by atoms with van der Waals surface area (Å²) in [6.07, 6.45) is 2.11. The summed E-state index contributed by atoms with van der Waals surface area (Å²) >= 11 is 0. The SMILES string of the molecule is [2H]C(C)(C)c1ccc2c(-c3c(C)ccc4c3oc3c5ccccc5ccc43)[n+](C)ccc2c1. The fraction of sp³-hybridized carbons (Fsp3) is 0.167. The van der Waals surface area contributed by atoms with E-state index in [-0.39, 0.29) is 0 Å². The highest BCUT2D eigenvalue weighted by molar-refractivity contribution is 6.18. The second-order valence-electron chi connectivity index (χ2n) is 8.98.